The molecule has 1 amide bonds. The van der Waals surface area contributed by atoms with Crippen LogP contribution < -0.4 is 5.32 Å². The van der Waals surface area contributed by atoms with Crippen LogP contribution in [0.25, 0.3) is 11.5 Å². The molecule has 0 saturated heterocycles. The molecule has 0 spiro atoms. The summed E-state index contributed by atoms with van der Waals surface area (Å²) in [4.78, 5) is 12.1. The molecule has 0 fully saturated rings. The average Bonchev–Trinajstić information content (AvgIpc) is 3.15. The van der Waals surface area contributed by atoms with Gasteiger partial charge in [0.1, 0.15) is 11.9 Å². The summed E-state index contributed by atoms with van der Waals surface area (Å²) in [6, 6.07) is 13.5. The minimum atomic E-state index is -1.08. The molecule has 136 valence electrons. The Morgan fingerprint density at radius 3 is 2.70 bits per heavy atom. The Balaban J connectivity index is 1.59. The molecule has 0 bridgehead atoms. The maximum absolute atomic E-state index is 13.8. The first-order valence-corrected chi connectivity index (χ1v) is 9.09. The third-order valence-corrected chi connectivity index (χ3v) is 4.55. The predicted molar refractivity (Wildman–Crippen MR) is 98.4 cm³/mol. The van der Waals surface area contributed by atoms with E-state index in [1.807, 2.05) is 6.07 Å². The Bertz CT molecular complexity index is 988. The van der Waals surface area contributed by atoms with E-state index in [0.29, 0.717) is 16.5 Å². The number of benzene rings is 2. The molecule has 1 atom stereocenters. The van der Waals surface area contributed by atoms with Crippen molar-refractivity contribution in [2.45, 2.75) is 11.3 Å². The lowest BCUT2D eigenvalue weighted by Gasteiger charge is -2.12. The topological polar surface area (TPSA) is 91.8 Å². The Hall–Kier alpha value is -2.89. The van der Waals surface area contributed by atoms with E-state index in [2.05, 4.69) is 15.5 Å². The zero-order chi connectivity index (χ0) is 19.2. The summed E-state index contributed by atoms with van der Waals surface area (Å²) in [6.45, 7) is 0. The van der Waals surface area contributed by atoms with Crippen molar-refractivity contribution in [3.8, 4) is 17.5 Å². The molecule has 6 nitrogen and oxygen atoms in total. The standard InChI is InChI=1S/C18H12ClFN4O2S/c19-12-7-5-11(6-8-12)17-23-24-18(26-17)27-10-16(25)22-15(9-21)13-3-1-2-4-14(13)20/h1-8,15H,10H2,(H,22,25). The van der Waals surface area contributed by atoms with Crippen molar-refractivity contribution in [2.24, 2.45) is 0 Å². The van der Waals surface area contributed by atoms with Gasteiger partial charge < -0.3 is 9.73 Å². The number of carbonyl (C=O) groups is 1. The SMILES string of the molecule is N#CC(NC(=O)CSc1nnc(-c2ccc(Cl)cc2)o1)c1ccccc1F. The van der Waals surface area contributed by atoms with Crippen molar-refractivity contribution in [3.05, 3.63) is 64.9 Å². The normalized spacial score (nSPS) is 11.6. The van der Waals surface area contributed by atoms with Crippen molar-refractivity contribution in [2.75, 3.05) is 5.75 Å². The van der Waals surface area contributed by atoms with Gasteiger partial charge in [0, 0.05) is 16.1 Å². The molecule has 0 radical (unpaired) electrons. The lowest BCUT2D eigenvalue weighted by molar-refractivity contribution is -0.119. The van der Waals surface area contributed by atoms with E-state index in [0.717, 1.165) is 11.8 Å². The number of halogens is 2. The van der Waals surface area contributed by atoms with Gasteiger partial charge in [-0.05, 0) is 30.3 Å². The van der Waals surface area contributed by atoms with Crippen molar-refractivity contribution in [3.63, 3.8) is 0 Å². The summed E-state index contributed by atoms with van der Waals surface area (Å²) in [7, 11) is 0. The minimum Gasteiger partial charge on any atom is -0.411 e. The molecular weight excluding hydrogens is 391 g/mol. The number of hydrogen-bond acceptors (Lipinski definition) is 6. The van der Waals surface area contributed by atoms with E-state index in [1.54, 1.807) is 30.3 Å². The largest absolute Gasteiger partial charge is 0.411 e. The molecule has 27 heavy (non-hydrogen) atoms. The number of rotatable bonds is 6. The van der Waals surface area contributed by atoms with Crippen molar-refractivity contribution in [1.29, 1.82) is 5.26 Å². The highest BCUT2D eigenvalue weighted by molar-refractivity contribution is 7.99. The Morgan fingerprint density at radius 1 is 1.26 bits per heavy atom. The molecule has 2 aromatic carbocycles. The molecule has 1 unspecified atom stereocenters. The summed E-state index contributed by atoms with van der Waals surface area (Å²) in [5.41, 5.74) is 0.813. The van der Waals surface area contributed by atoms with Gasteiger partial charge in [0.25, 0.3) is 5.22 Å². The summed E-state index contributed by atoms with van der Waals surface area (Å²) < 4.78 is 19.3. The number of thioether (sulfide) groups is 1. The molecule has 0 saturated carbocycles. The number of nitriles is 1. The Morgan fingerprint density at radius 2 is 2.00 bits per heavy atom. The maximum Gasteiger partial charge on any atom is 0.277 e. The third kappa shape index (κ3) is 4.84. The van der Waals surface area contributed by atoms with E-state index in [-0.39, 0.29) is 16.5 Å². The van der Waals surface area contributed by atoms with Gasteiger partial charge in [0.2, 0.25) is 11.8 Å². The molecule has 3 aromatic rings. The first kappa shape index (κ1) is 18.9. The van der Waals surface area contributed by atoms with Crippen LogP contribution in [-0.4, -0.2) is 21.9 Å². The van der Waals surface area contributed by atoms with Gasteiger partial charge in [-0.15, -0.1) is 10.2 Å². The molecule has 1 heterocycles. The third-order valence-electron chi connectivity index (χ3n) is 3.48. The van der Waals surface area contributed by atoms with Gasteiger partial charge in [0.15, 0.2) is 0 Å². The molecule has 0 aliphatic rings. The van der Waals surface area contributed by atoms with E-state index < -0.39 is 17.8 Å². The van der Waals surface area contributed by atoms with Gasteiger partial charge in [0.05, 0.1) is 11.8 Å². The van der Waals surface area contributed by atoms with Crippen LogP contribution in [0.5, 0.6) is 0 Å². The van der Waals surface area contributed by atoms with E-state index in [1.165, 1.54) is 18.2 Å². The molecule has 9 heteroatoms. The highest BCUT2D eigenvalue weighted by Gasteiger charge is 2.18. The van der Waals surface area contributed by atoms with E-state index in [9.17, 15) is 14.4 Å². The number of carbonyl (C=O) groups excluding carboxylic acids is 1. The molecule has 3 rings (SSSR count). The fourth-order valence-electron chi connectivity index (χ4n) is 2.20. The lowest BCUT2D eigenvalue weighted by Crippen LogP contribution is -2.29. The van der Waals surface area contributed by atoms with Crippen LogP contribution in [0.1, 0.15) is 11.6 Å². The summed E-state index contributed by atoms with van der Waals surface area (Å²) in [6.07, 6.45) is 0. The van der Waals surface area contributed by atoms with Crippen molar-refractivity contribution >= 4 is 29.3 Å². The van der Waals surface area contributed by atoms with Crippen LogP contribution in [0.3, 0.4) is 0 Å². The molecule has 0 aliphatic heterocycles. The molecule has 1 N–H and O–H groups in total. The second-order valence-corrected chi connectivity index (χ2v) is 6.68. The van der Waals surface area contributed by atoms with Crippen LogP contribution in [0.4, 0.5) is 4.39 Å². The summed E-state index contributed by atoms with van der Waals surface area (Å²) >= 11 is 6.85. The first-order valence-electron chi connectivity index (χ1n) is 7.72. The number of nitrogens with zero attached hydrogens (tertiary/aromatic N) is 3. The first-order chi connectivity index (χ1) is 13.1. The summed E-state index contributed by atoms with van der Waals surface area (Å²) in [5.74, 6) is -0.770. The zero-order valence-corrected chi connectivity index (χ0v) is 15.3. The van der Waals surface area contributed by atoms with Gasteiger partial charge in [-0.2, -0.15) is 5.26 Å². The van der Waals surface area contributed by atoms with Gasteiger partial charge in [-0.25, -0.2) is 4.39 Å². The van der Waals surface area contributed by atoms with Crippen molar-refractivity contribution in [1.82, 2.24) is 15.5 Å². The maximum atomic E-state index is 13.8. The molecule has 1 aromatic heterocycles. The summed E-state index contributed by atoms with van der Waals surface area (Å²) in [5, 5.41) is 20.2. The van der Waals surface area contributed by atoms with Gasteiger partial charge in [-0.3, -0.25) is 4.79 Å². The quantitative estimate of drug-likeness (QED) is 0.626. The van der Waals surface area contributed by atoms with Crippen LogP contribution in [0, 0.1) is 17.1 Å². The smallest absolute Gasteiger partial charge is 0.277 e. The number of hydrogen-bond donors (Lipinski definition) is 1. The van der Waals surface area contributed by atoms with Crippen LogP contribution in [0.15, 0.2) is 58.2 Å². The number of amides is 1. The second kappa shape index (κ2) is 8.66. The fraction of sp³-hybridized carbons (Fsp3) is 0.111. The van der Waals surface area contributed by atoms with Crippen molar-refractivity contribution < 1.29 is 13.6 Å². The van der Waals surface area contributed by atoms with Crippen LogP contribution in [0.2, 0.25) is 5.02 Å². The Labute approximate surface area is 163 Å². The minimum absolute atomic E-state index is 0.0606. The van der Waals surface area contributed by atoms with Crippen LogP contribution >= 0.6 is 23.4 Å². The second-order valence-electron chi connectivity index (χ2n) is 5.32. The fourth-order valence-corrected chi connectivity index (χ4v) is 2.90. The Kier molecular flexibility index (Phi) is 6.06. The lowest BCUT2D eigenvalue weighted by atomic mass is 10.1. The average molecular weight is 403 g/mol. The predicted octanol–water partition coefficient (Wildman–Crippen LogP) is 4.00. The van der Waals surface area contributed by atoms with Gasteiger partial charge in [-0.1, -0.05) is 41.6 Å². The van der Waals surface area contributed by atoms with Crippen LogP contribution in [-0.2, 0) is 4.79 Å². The zero-order valence-electron chi connectivity index (χ0n) is 13.7. The molecular formula is C18H12ClFN4O2S. The highest BCUT2D eigenvalue weighted by Crippen LogP contribution is 2.24. The monoisotopic (exact) mass is 402 g/mol. The van der Waals surface area contributed by atoms with Gasteiger partial charge >= 0.3 is 0 Å². The molecule has 0 aliphatic carbocycles. The van der Waals surface area contributed by atoms with E-state index >= 15 is 0 Å². The van der Waals surface area contributed by atoms with E-state index in [4.69, 9.17) is 16.0 Å². The number of nitrogens with one attached hydrogen (secondary N) is 1. The highest BCUT2D eigenvalue weighted by atomic mass is 35.5. The number of aromatic nitrogens is 2.